The van der Waals surface area contributed by atoms with Gasteiger partial charge in [-0.25, -0.2) is 9.18 Å². The van der Waals surface area contributed by atoms with Crippen LogP contribution in [0, 0.1) is 5.82 Å². The Morgan fingerprint density at radius 1 is 1.60 bits per heavy atom. The summed E-state index contributed by atoms with van der Waals surface area (Å²) in [5, 5.41) is 0.241. The molecule has 6 heteroatoms. The van der Waals surface area contributed by atoms with Crippen molar-refractivity contribution in [2.75, 3.05) is 13.7 Å². The van der Waals surface area contributed by atoms with E-state index in [1.807, 2.05) is 0 Å². The molecule has 0 aliphatic rings. The van der Waals surface area contributed by atoms with E-state index in [1.54, 1.807) is 0 Å². The molecule has 0 aliphatic heterocycles. The van der Waals surface area contributed by atoms with Crippen molar-refractivity contribution in [3.8, 4) is 5.75 Å². The van der Waals surface area contributed by atoms with Crippen molar-refractivity contribution in [2.45, 2.75) is 0 Å². The van der Waals surface area contributed by atoms with Crippen molar-refractivity contribution < 1.29 is 18.7 Å². The van der Waals surface area contributed by atoms with E-state index in [4.69, 9.17) is 16.3 Å². The Kier molecular flexibility index (Phi) is 4.35. The molecule has 0 fully saturated rings. The molecule has 0 N–H and O–H groups in total. The Morgan fingerprint density at radius 2 is 2.27 bits per heavy atom. The first-order valence-corrected chi connectivity index (χ1v) is 5.06. The van der Waals surface area contributed by atoms with Gasteiger partial charge in [-0.1, -0.05) is 11.6 Å². The largest absolute Gasteiger partial charge is 0.478 e. The van der Waals surface area contributed by atoms with Crippen LogP contribution in [0.25, 0.3) is 0 Å². The quantitative estimate of drug-likeness (QED) is 0.805. The minimum atomic E-state index is -0.640. The molecule has 0 aliphatic carbocycles. The first-order valence-electron chi connectivity index (χ1n) is 3.88. The molecule has 0 aromatic heterocycles. The summed E-state index contributed by atoms with van der Waals surface area (Å²) in [5.74, 6) is -1.29. The van der Waals surface area contributed by atoms with E-state index in [-0.39, 0.29) is 17.4 Å². The molecule has 0 heterocycles. The predicted octanol–water partition coefficient (Wildman–Crippen LogP) is 2.79. The molecule has 1 rings (SSSR count). The van der Waals surface area contributed by atoms with Crippen LogP contribution in [0.15, 0.2) is 16.6 Å². The number of benzene rings is 1. The zero-order chi connectivity index (χ0) is 11.4. The van der Waals surface area contributed by atoms with Crippen LogP contribution in [0.5, 0.6) is 5.75 Å². The summed E-state index contributed by atoms with van der Waals surface area (Å²) in [6, 6.07) is 2.57. The summed E-state index contributed by atoms with van der Waals surface area (Å²) in [6.45, 7) is -0.354. The van der Waals surface area contributed by atoms with E-state index < -0.39 is 11.8 Å². The predicted molar refractivity (Wildman–Crippen MR) is 56.6 cm³/mol. The third kappa shape index (κ3) is 3.35. The number of carbonyl (C=O) groups is 1. The molecule has 0 saturated heterocycles. The topological polar surface area (TPSA) is 35.5 Å². The van der Waals surface area contributed by atoms with Gasteiger partial charge in [-0.05, 0) is 28.1 Å². The maximum absolute atomic E-state index is 13.3. The molecular weight excluding hydrogens is 290 g/mol. The fourth-order valence-corrected chi connectivity index (χ4v) is 1.74. The number of esters is 1. The van der Waals surface area contributed by atoms with Crippen LogP contribution in [0.1, 0.15) is 0 Å². The monoisotopic (exact) mass is 296 g/mol. The molecule has 1 aromatic rings. The van der Waals surface area contributed by atoms with Crippen LogP contribution in [0.2, 0.25) is 5.02 Å². The number of ether oxygens (including phenoxy) is 2. The van der Waals surface area contributed by atoms with Gasteiger partial charge in [0.05, 0.1) is 11.6 Å². The zero-order valence-electron chi connectivity index (χ0n) is 7.72. The minimum absolute atomic E-state index is 0.0650. The average molecular weight is 298 g/mol. The standard InChI is InChI=1S/C9H7BrClFO3/c1-14-8(13)4-15-9-6(10)2-5(11)3-7(9)12/h2-3H,4H2,1H3. The molecule has 0 atom stereocenters. The molecule has 0 bridgehead atoms. The summed E-state index contributed by atoms with van der Waals surface area (Å²) in [7, 11) is 1.22. The lowest BCUT2D eigenvalue weighted by molar-refractivity contribution is -0.142. The van der Waals surface area contributed by atoms with Crippen molar-refractivity contribution in [3.63, 3.8) is 0 Å². The number of rotatable bonds is 3. The van der Waals surface area contributed by atoms with Crippen molar-refractivity contribution in [1.29, 1.82) is 0 Å². The molecule has 1 aromatic carbocycles. The number of hydrogen-bond acceptors (Lipinski definition) is 3. The number of carbonyl (C=O) groups excluding carboxylic acids is 1. The lowest BCUT2D eigenvalue weighted by Crippen LogP contribution is -2.13. The first-order chi connectivity index (χ1) is 7.04. The van der Waals surface area contributed by atoms with Crippen LogP contribution in [0.4, 0.5) is 4.39 Å². The molecule has 0 spiro atoms. The van der Waals surface area contributed by atoms with Gasteiger partial charge >= 0.3 is 5.97 Å². The average Bonchev–Trinajstić information content (AvgIpc) is 2.15. The highest BCUT2D eigenvalue weighted by Crippen LogP contribution is 2.31. The summed E-state index contributed by atoms with van der Waals surface area (Å²) in [5.41, 5.74) is 0. The summed E-state index contributed by atoms with van der Waals surface area (Å²) < 4.78 is 22.9. The fourth-order valence-electron chi connectivity index (χ4n) is 0.857. The highest BCUT2D eigenvalue weighted by molar-refractivity contribution is 9.10. The molecule has 0 saturated carbocycles. The van der Waals surface area contributed by atoms with E-state index in [2.05, 4.69) is 20.7 Å². The van der Waals surface area contributed by atoms with E-state index in [0.717, 1.165) is 6.07 Å². The van der Waals surface area contributed by atoms with Gasteiger partial charge in [0.1, 0.15) is 0 Å². The van der Waals surface area contributed by atoms with Crippen LogP contribution >= 0.6 is 27.5 Å². The smallest absolute Gasteiger partial charge is 0.343 e. The molecular formula is C9H7BrClFO3. The SMILES string of the molecule is COC(=O)COc1c(F)cc(Cl)cc1Br. The second kappa shape index (κ2) is 5.32. The van der Waals surface area contributed by atoms with Crippen molar-refractivity contribution in [3.05, 3.63) is 27.4 Å². The fraction of sp³-hybridized carbons (Fsp3) is 0.222. The molecule has 82 valence electrons. The number of halogens is 3. The van der Waals surface area contributed by atoms with Gasteiger partial charge in [-0.2, -0.15) is 0 Å². The number of methoxy groups -OCH3 is 1. The lowest BCUT2D eigenvalue weighted by atomic mass is 10.3. The third-order valence-electron chi connectivity index (χ3n) is 1.53. The van der Waals surface area contributed by atoms with Gasteiger partial charge in [-0.3, -0.25) is 0 Å². The molecule has 0 radical (unpaired) electrons. The Labute approximate surface area is 99.3 Å². The second-order valence-corrected chi connectivity index (χ2v) is 3.85. The Bertz CT molecular complexity index is 361. The normalized spacial score (nSPS) is 9.87. The Morgan fingerprint density at radius 3 is 2.80 bits per heavy atom. The first kappa shape index (κ1) is 12.3. The molecule has 15 heavy (non-hydrogen) atoms. The summed E-state index contributed by atoms with van der Waals surface area (Å²) in [6.07, 6.45) is 0. The minimum Gasteiger partial charge on any atom is -0.478 e. The Balaban J connectivity index is 2.81. The number of hydrogen-bond donors (Lipinski definition) is 0. The van der Waals surface area contributed by atoms with E-state index in [1.165, 1.54) is 13.2 Å². The zero-order valence-corrected chi connectivity index (χ0v) is 10.1. The highest BCUT2D eigenvalue weighted by Gasteiger charge is 2.12. The summed E-state index contributed by atoms with van der Waals surface area (Å²) >= 11 is 8.66. The third-order valence-corrected chi connectivity index (χ3v) is 2.33. The van der Waals surface area contributed by atoms with Gasteiger partial charge in [0.15, 0.2) is 18.2 Å². The van der Waals surface area contributed by atoms with Crippen LogP contribution in [-0.4, -0.2) is 19.7 Å². The van der Waals surface area contributed by atoms with Crippen LogP contribution in [0.3, 0.4) is 0 Å². The molecule has 3 nitrogen and oxygen atoms in total. The van der Waals surface area contributed by atoms with E-state index in [9.17, 15) is 9.18 Å². The maximum Gasteiger partial charge on any atom is 0.343 e. The van der Waals surface area contributed by atoms with Gasteiger partial charge in [0.25, 0.3) is 0 Å². The van der Waals surface area contributed by atoms with Gasteiger partial charge in [-0.15, -0.1) is 0 Å². The maximum atomic E-state index is 13.3. The molecule has 0 unspecified atom stereocenters. The van der Waals surface area contributed by atoms with Gasteiger partial charge in [0, 0.05) is 5.02 Å². The van der Waals surface area contributed by atoms with Crippen molar-refractivity contribution in [1.82, 2.24) is 0 Å². The van der Waals surface area contributed by atoms with E-state index >= 15 is 0 Å². The lowest BCUT2D eigenvalue weighted by Gasteiger charge is -2.08. The second-order valence-electron chi connectivity index (χ2n) is 2.56. The van der Waals surface area contributed by atoms with Gasteiger partial charge < -0.3 is 9.47 Å². The van der Waals surface area contributed by atoms with Gasteiger partial charge in [0.2, 0.25) is 0 Å². The van der Waals surface area contributed by atoms with Crippen molar-refractivity contribution in [2.24, 2.45) is 0 Å². The molecule has 0 amide bonds. The highest BCUT2D eigenvalue weighted by atomic mass is 79.9. The van der Waals surface area contributed by atoms with Crippen LogP contribution < -0.4 is 4.74 Å². The summed E-state index contributed by atoms with van der Waals surface area (Å²) in [4.78, 5) is 10.8. The van der Waals surface area contributed by atoms with Crippen LogP contribution in [-0.2, 0) is 9.53 Å². The Hall–Kier alpha value is -0.810. The van der Waals surface area contributed by atoms with Crippen molar-refractivity contribution >= 4 is 33.5 Å². The van der Waals surface area contributed by atoms with E-state index in [0.29, 0.717) is 4.47 Å².